The van der Waals surface area contributed by atoms with E-state index in [9.17, 15) is 15.0 Å². The molecular weight excluding hydrogens is 446 g/mol. The molecule has 1 heterocycles. The van der Waals surface area contributed by atoms with E-state index < -0.39 is 5.60 Å². The highest BCUT2D eigenvalue weighted by Crippen LogP contribution is 2.67. The van der Waals surface area contributed by atoms with Gasteiger partial charge in [0.25, 0.3) is 0 Å². The lowest BCUT2D eigenvalue weighted by molar-refractivity contribution is -0.114. The van der Waals surface area contributed by atoms with Crippen molar-refractivity contribution in [2.24, 2.45) is 17.3 Å². The lowest BCUT2D eigenvalue weighted by Crippen LogP contribution is -2.51. The third-order valence-electron chi connectivity index (χ3n) is 10.1. The van der Waals surface area contributed by atoms with E-state index in [2.05, 4.69) is 36.2 Å². The van der Waals surface area contributed by atoms with E-state index in [4.69, 9.17) is 0 Å². The van der Waals surface area contributed by atoms with Gasteiger partial charge in [0.2, 0.25) is 0 Å². The monoisotopic (exact) mass is 483 g/mol. The number of carbonyl (C=O) groups is 1. The molecule has 0 amide bonds. The zero-order valence-corrected chi connectivity index (χ0v) is 21.2. The van der Waals surface area contributed by atoms with Crippen LogP contribution in [-0.2, 0) is 4.79 Å². The number of fused-ring (bicyclic) bond motifs is 4. The third kappa shape index (κ3) is 3.72. The number of aliphatic hydroxyl groups excluding tert-OH is 1. The van der Waals surface area contributed by atoms with Crippen molar-refractivity contribution in [1.29, 1.82) is 0 Å². The summed E-state index contributed by atoms with van der Waals surface area (Å²) in [5.74, 6) is 1.41. The Balaban J connectivity index is 1.45. The summed E-state index contributed by atoms with van der Waals surface area (Å²) in [5.41, 5.74) is 6.73. The van der Waals surface area contributed by atoms with Crippen molar-refractivity contribution in [3.8, 4) is 11.3 Å². The summed E-state index contributed by atoms with van der Waals surface area (Å²) in [7, 11) is 0. The maximum Gasteiger partial charge on any atom is 0.156 e. The molecule has 188 valence electrons. The fraction of sp³-hybridized carbons (Fsp3) is 0.500. The number of carbonyl (C=O) groups excluding carboxylic acids is 1. The van der Waals surface area contributed by atoms with Crippen LogP contribution in [0.15, 0.2) is 71.5 Å². The summed E-state index contributed by atoms with van der Waals surface area (Å²) in [6.07, 6.45) is 11.4. The molecule has 2 saturated carbocycles. The number of nitrogens with zero attached hydrogens (tertiary/aromatic N) is 1. The molecule has 0 bridgehead atoms. The molecular formula is C32H37NO3. The van der Waals surface area contributed by atoms with Crippen molar-refractivity contribution in [2.75, 3.05) is 6.61 Å². The molecule has 2 N–H and O–H groups in total. The van der Waals surface area contributed by atoms with Crippen LogP contribution in [0.25, 0.3) is 11.3 Å². The summed E-state index contributed by atoms with van der Waals surface area (Å²) in [4.78, 5) is 16.8. The molecule has 4 nitrogen and oxygen atoms in total. The predicted molar refractivity (Wildman–Crippen MR) is 141 cm³/mol. The van der Waals surface area contributed by atoms with Crippen molar-refractivity contribution in [3.05, 3.63) is 77.0 Å². The molecule has 6 rings (SSSR count). The number of pyridine rings is 1. The first-order chi connectivity index (χ1) is 17.4. The molecule has 4 heteroatoms. The molecule has 0 spiro atoms. The number of hydrogen-bond donors (Lipinski definition) is 2. The van der Waals surface area contributed by atoms with Crippen LogP contribution in [0.5, 0.6) is 0 Å². The zero-order chi connectivity index (χ0) is 24.9. The molecule has 0 radical (unpaired) electrons. The summed E-state index contributed by atoms with van der Waals surface area (Å²) in [6, 6.07) is 14.9. The van der Waals surface area contributed by atoms with Gasteiger partial charge in [-0.15, -0.1) is 0 Å². The second-order valence-electron chi connectivity index (χ2n) is 11.7. The van der Waals surface area contributed by atoms with Gasteiger partial charge in [-0.25, -0.2) is 0 Å². The molecule has 0 aliphatic heterocycles. The van der Waals surface area contributed by atoms with E-state index in [0.29, 0.717) is 31.1 Å². The Hall–Kier alpha value is -2.56. The van der Waals surface area contributed by atoms with Gasteiger partial charge in [-0.1, -0.05) is 42.8 Å². The van der Waals surface area contributed by atoms with Crippen molar-refractivity contribution in [2.45, 2.75) is 76.2 Å². The van der Waals surface area contributed by atoms with Crippen LogP contribution < -0.4 is 0 Å². The Bertz CT molecular complexity index is 1210. The van der Waals surface area contributed by atoms with Crippen LogP contribution in [0.4, 0.5) is 0 Å². The second-order valence-corrected chi connectivity index (χ2v) is 11.7. The van der Waals surface area contributed by atoms with Gasteiger partial charge in [-0.3, -0.25) is 9.78 Å². The fourth-order valence-corrected chi connectivity index (χ4v) is 8.26. The first-order valence-electron chi connectivity index (χ1n) is 13.7. The minimum Gasteiger partial charge on any atom is -0.396 e. The van der Waals surface area contributed by atoms with E-state index in [1.807, 2.05) is 30.5 Å². The number of ketones is 1. The number of aromatic nitrogens is 1. The number of benzene rings is 1. The van der Waals surface area contributed by atoms with Crippen LogP contribution in [0.3, 0.4) is 0 Å². The average molecular weight is 484 g/mol. The third-order valence-corrected chi connectivity index (χ3v) is 10.1. The van der Waals surface area contributed by atoms with Gasteiger partial charge in [0, 0.05) is 36.1 Å². The highest BCUT2D eigenvalue weighted by Gasteiger charge is 2.62. The fourth-order valence-electron chi connectivity index (χ4n) is 8.26. The van der Waals surface area contributed by atoms with Gasteiger partial charge in [0.05, 0.1) is 11.3 Å². The molecule has 36 heavy (non-hydrogen) atoms. The highest BCUT2D eigenvalue weighted by atomic mass is 16.3. The van der Waals surface area contributed by atoms with Gasteiger partial charge in [-0.05, 0) is 98.1 Å². The number of hydrogen-bond acceptors (Lipinski definition) is 4. The molecule has 4 aliphatic rings. The first-order valence-corrected chi connectivity index (χ1v) is 13.7. The number of aliphatic hydroxyl groups is 2. The Morgan fingerprint density at radius 1 is 1.06 bits per heavy atom. The van der Waals surface area contributed by atoms with Crippen LogP contribution in [0.2, 0.25) is 0 Å². The molecule has 0 saturated heterocycles. The normalized spacial score (nSPS) is 33.6. The van der Waals surface area contributed by atoms with Crippen LogP contribution in [0.1, 0.15) is 76.2 Å². The Morgan fingerprint density at radius 3 is 2.64 bits per heavy atom. The van der Waals surface area contributed by atoms with Crippen molar-refractivity contribution >= 4 is 5.78 Å². The van der Waals surface area contributed by atoms with E-state index in [1.54, 1.807) is 5.57 Å². The summed E-state index contributed by atoms with van der Waals surface area (Å²) < 4.78 is 0. The summed E-state index contributed by atoms with van der Waals surface area (Å²) in [5, 5.41) is 21.6. The number of rotatable bonds is 5. The summed E-state index contributed by atoms with van der Waals surface area (Å²) in [6.45, 7) is 2.46. The minimum atomic E-state index is -0.735. The zero-order valence-electron chi connectivity index (χ0n) is 21.2. The van der Waals surface area contributed by atoms with Crippen LogP contribution >= 0.6 is 0 Å². The lowest BCUT2D eigenvalue weighted by atomic mass is 9.51. The Morgan fingerprint density at radius 2 is 1.89 bits per heavy atom. The van der Waals surface area contributed by atoms with Crippen molar-refractivity contribution in [1.82, 2.24) is 4.98 Å². The topological polar surface area (TPSA) is 70.4 Å². The molecule has 1 aromatic carbocycles. The minimum absolute atomic E-state index is 0.127. The molecule has 2 fully saturated rings. The highest BCUT2D eigenvalue weighted by molar-refractivity contribution is 5.93. The maximum absolute atomic E-state index is 12.3. The SMILES string of the molecule is C[C@@]12C[C@H](c3ccc(-c4ccccn4)cc3)C3=C4CCC(=O)C=C4CC[C@H]3[C@@H]1CC[C@]2(O)CCCO. The van der Waals surface area contributed by atoms with Gasteiger partial charge in [0.15, 0.2) is 5.78 Å². The predicted octanol–water partition coefficient (Wildman–Crippen LogP) is 6.15. The van der Waals surface area contributed by atoms with E-state index in [-0.39, 0.29) is 23.7 Å². The first kappa shape index (κ1) is 23.8. The van der Waals surface area contributed by atoms with Gasteiger partial charge in [0.1, 0.15) is 0 Å². The Kier molecular flexibility index (Phi) is 6.00. The molecule has 1 aromatic heterocycles. The standard InChI is InChI=1S/C32H37NO3/c1-31-20-27(21-6-8-22(9-7-21)29-5-2-3-17-33-29)30-25-13-11-24(35)19-23(25)10-12-26(30)28(31)14-16-32(31,36)15-4-18-34/h2-3,5-9,17,19,26-28,34,36H,4,10-16,18,20H2,1H3/t26-,27+,28-,31+,32+/m0/s1. The average Bonchev–Trinajstić information content (AvgIpc) is 3.17. The number of allylic oxidation sites excluding steroid dienone is 4. The van der Waals surface area contributed by atoms with E-state index in [1.165, 1.54) is 16.7 Å². The second kappa shape index (κ2) is 9.08. The van der Waals surface area contributed by atoms with E-state index >= 15 is 0 Å². The van der Waals surface area contributed by atoms with E-state index in [0.717, 1.165) is 49.8 Å². The van der Waals surface area contributed by atoms with Crippen molar-refractivity contribution < 1.29 is 15.0 Å². The lowest BCUT2D eigenvalue weighted by Gasteiger charge is -2.55. The van der Waals surface area contributed by atoms with Gasteiger partial charge in [-0.2, -0.15) is 0 Å². The van der Waals surface area contributed by atoms with Gasteiger partial charge < -0.3 is 10.2 Å². The van der Waals surface area contributed by atoms with Crippen LogP contribution in [0, 0.1) is 17.3 Å². The largest absolute Gasteiger partial charge is 0.396 e. The van der Waals surface area contributed by atoms with Gasteiger partial charge >= 0.3 is 0 Å². The molecule has 2 aromatic rings. The van der Waals surface area contributed by atoms with Crippen molar-refractivity contribution in [3.63, 3.8) is 0 Å². The quantitative estimate of drug-likeness (QED) is 0.535. The molecule has 4 aliphatic carbocycles. The molecule has 5 atom stereocenters. The maximum atomic E-state index is 12.3. The summed E-state index contributed by atoms with van der Waals surface area (Å²) >= 11 is 0. The Labute approximate surface area is 214 Å². The molecule has 0 unspecified atom stereocenters. The van der Waals surface area contributed by atoms with Crippen LogP contribution in [-0.4, -0.2) is 33.2 Å². The smallest absolute Gasteiger partial charge is 0.156 e.